The molecule has 0 saturated carbocycles. The molecule has 1 aliphatic rings. The molecule has 110 valence electrons. The van der Waals surface area contributed by atoms with Crippen LogP contribution in [-0.4, -0.2) is 30.4 Å². The largest absolute Gasteiger partial charge is 0.342 e. The standard InChI is InChI=1S/C17H26N2O/c1-17(2,3)15-6-4-13(5-7-15)14-8-10-19(11-9-14)16(20)12-18/h4-7,14H,8-12,18H2,1-3H3. The van der Waals surface area contributed by atoms with Crippen LogP contribution in [0.25, 0.3) is 0 Å². The first-order valence-electron chi connectivity index (χ1n) is 7.50. The van der Waals surface area contributed by atoms with Gasteiger partial charge in [0, 0.05) is 13.1 Å². The van der Waals surface area contributed by atoms with Gasteiger partial charge < -0.3 is 10.6 Å². The van der Waals surface area contributed by atoms with Crippen molar-refractivity contribution in [3.63, 3.8) is 0 Å². The monoisotopic (exact) mass is 274 g/mol. The minimum Gasteiger partial charge on any atom is -0.342 e. The first-order chi connectivity index (χ1) is 9.41. The van der Waals surface area contributed by atoms with E-state index in [1.165, 1.54) is 11.1 Å². The lowest BCUT2D eigenvalue weighted by atomic mass is 9.84. The predicted molar refractivity (Wildman–Crippen MR) is 82.8 cm³/mol. The van der Waals surface area contributed by atoms with Crippen molar-refractivity contribution in [3.05, 3.63) is 35.4 Å². The van der Waals surface area contributed by atoms with Crippen molar-refractivity contribution in [2.24, 2.45) is 5.73 Å². The molecule has 1 amide bonds. The van der Waals surface area contributed by atoms with Crippen LogP contribution in [0, 0.1) is 0 Å². The van der Waals surface area contributed by atoms with Crippen LogP contribution in [0.1, 0.15) is 50.7 Å². The zero-order valence-corrected chi connectivity index (χ0v) is 12.9. The second-order valence-corrected chi connectivity index (χ2v) is 6.73. The van der Waals surface area contributed by atoms with Gasteiger partial charge in [0.1, 0.15) is 0 Å². The van der Waals surface area contributed by atoms with Gasteiger partial charge in [-0.15, -0.1) is 0 Å². The summed E-state index contributed by atoms with van der Waals surface area (Å²) in [6.45, 7) is 8.51. The summed E-state index contributed by atoms with van der Waals surface area (Å²) in [7, 11) is 0. The van der Waals surface area contributed by atoms with E-state index < -0.39 is 0 Å². The Morgan fingerprint density at radius 2 is 1.75 bits per heavy atom. The molecule has 3 heteroatoms. The Labute approximate surface area is 122 Å². The number of nitrogens with zero attached hydrogens (tertiary/aromatic N) is 1. The number of amides is 1. The zero-order valence-electron chi connectivity index (χ0n) is 12.9. The van der Waals surface area contributed by atoms with E-state index >= 15 is 0 Å². The maximum absolute atomic E-state index is 11.6. The van der Waals surface area contributed by atoms with Gasteiger partial charge in [0.2, 0.25) is 5.91 Å². The van der Waals surface area contributed by atoms with Crippen molar-refractivity contribution in [1.82, 2.24) is 4.90 Å². The van der Waals surface area contributed by atoms with Gasteiger partial charge in [-0.25, -0.2) is 0 Å². The van der Waals surface area contributed by atoms with Crippen molar-refractivity contribution in [2.45, 2.75) is 44.9 Å². The van der Waals surface area contributed by atoms with Gasteiger partial charge in [0.05, 0.1) is 6.54 Å². The third-order valence-electron chi connectivity index (χ3n) is 4.27. The molecule has 1 saturated heterocycles. The third-order valence-corrected chi connectivity index (χ3v) is 4.27. The Kier molecular flexibility index (Phi) is 4.48. The Morgan fingerprint density at radius 1 is 1.20 bits per heavy atom. The number of hydrogen-bond acceptors (Lipinski definition) is 2. The summed E-state index contributed by atoms with van der Waals surface area (Å²) in [5.41, 5.74) is 8.39. The van der Waals surface area contributed by atoms with Crippen LogP contribution in [-0.2, 0) is 10.2 Å². The fraction of sp³-hybridized carbons (Fsp3) is 0.588. The highest BCUT2D eigenvalue weighted by atomic mass is 16.2. The van der Waals surface area contributed by atoms with Crippen molar-refractivity contribution in [3.8, 4) is 0 Å². The molecule has 20 heavy (non-hydrogen) atoms. The van der Waals surface area contributed by atoms with E-state index in [1.807, 2.05) is 4.90 Å². The Morgan fingerprint density at radius 3 is 2.20 bits per heavy atom. The minimum atomic E-state index is 0.0755. The summed E-state index contributed by atoms with van der Waals surface area (Å²) >= 11 is 0. The van der Waals surface area contributed by atoms with E-state index in [2.05, 4.69) is 45.0 Å². The van der Waals surface area contributed by atoms with Crippen molar-refractivity contribution in [2.75, 3.05) is 19.6 Å². The maximum atomic E-state index is 11.6. The van der Waals surface area contributed by atoms with E-state index in [0.29, 0.717) is 5.92 Å². The number of piperidine rings is 1. The normalized spacial score (nSPS) is 17.3. The topological polar surface area (TPSA) is 46.3 Å². The van der Waals surface area contributed by atoms with Crippen LogP contribution < -0.4 is 5.73 Å². The number of likely N-dealkylation sites (tertiary alicyclic amines) is 1. The molecular weight excluding hydrogens is 248 g/mol. The minimum absolute atomic E-state index is 0.0755. The molecule has 0 aromatic heterocycles. The summed E-state index contributed by atoms with van der Waals surface area (Å²) in [5.74, 6) is 0.650. The molecule has 0 atom stereocenters. The Hall–Kier alpha value is -1.35. The number of carbonyl (C=O) groups excluding carboxylic acids is 1. The molecule has 0 bridgehead atoms. The van der Waals surface area contributed by atoms with Gasteiger partial charge in [-0.3, -0.25) is 4.79 Å². The summed E-state index contributed by atoms with van der Waals surface area (Å²) in [6, 6.07) is 9.00. The molecular formula is C17H26N2O. The molecule has 3 nitrogen and oxygen atoms in total. The molecule has 2 rings (SSSR count). The lowest BCUT2D eigenvalue weighted by molar-refractivity contribution is -0.130. The van der Waals surface area contributed by atoms with Gasteiger partial charge in [-0.2, -0.15) is 0 Å². The molecule has 1 aromatic carbocycles. The van der Waals surface area contributed by atoms with E-state index in [-0.39, 0.29) is 17.9 Å². The maximum Gasteiger partial charge on any atom is 0.236 e. The second kappa shape index (κ2) is 5.96. The molecule has 0 aliphatic carbocycles. The van der Waals surface area contributed by atoms with E-state index in [0.717, 1.165) is 25.9 Å². The Bertz CT molecular complexity index is 451. The average molecular weight is 274 g/mol. The van der Waals surface area contributed by atoms with Crippen LogP contribution >= 0.6 is 0 Å². The number of hydrogen-bond donors (Lipinski definition) is 1. The van der Waals surface area contributed by atoms with E-state index in [4.69, 9.17) is 5.73 Å². The van der Waals surface area contributed by atoms with Gasteiger partial charge >= 0.3 is 0 Å². The molecule has 1 aliphatic heterocycles. The van der Waals surface area contributed by atoms with Gasteiger partial charge in [0.15, 0.2) is 0 Å². The molecule has 0 spiro atoms. The number of nitrogens with two attached hydrogens (primary N) is 1. The second-order valence-electron chi connectivity index (χ2n) is 6.73. The highest BCUT2D eigenvalue weighted by Gasteiger charge is 2.23. The fourth-order valence-electron chi connectivity index (χ4n) is 2.85. The molecule has 2 N–H and O–H groups in total. The van der Waals surface area contributed by atoms with Crippen LogP contribution in [0.2, 0.25) is 0 Å². The van der Waals surface area contributed by atoms with Crippen molar-refractivity contribution >= 4 is 5.91 Å². The number of benzene rings is 1. The van der Waals surface area contributed by atoms with Gasteiger partial charge in [-0.05, 0) is 35.3 Å². The molecule has 1 fully saturated rings. The van der Waals surface area contributed by atoms with Gasteiger partial charge in [0.25, 0.3) is 0 Å². The highest BCUT2D eigenvalue weighted by Crippen LogP contribution is 2.30. The van der Waals surface area contributed by atoms with Crippen LogP contribution in [0.3, 0.4) is 0 Å². The number of carbonyl (C=O) groups is 1. The average Bonchev–Trinajstić information content (AvgIpc) is 2.46. The summed E-state index contributed by atoms with van der Waals surface area (Å²) in [6.07, 6.45) is 2.08. The first kappa shape index (κ1) is 15.0. The molecule has 1 heterocycles. The zero-order chi connectivity index (χ0) is 14.8. The molecule has 0 unspecified atom stereocenters. The number of rotatable bonds is 2. The SMILES string of the molecule is CC(C)(C)c1ccc(C2CCN(C(=O)CN)CC2)cc1. The lowest BCUT2D eigenvalue weighted by Gasteiger charge is -2.32. The highest BCUT2D eigenvalue weighted by molar-refractivity contribution is 5.78. The van der Waals surface area contributed by atoms with E-state index in [9.17, 15) is 4.79 Å². The first-order valence-corrected chi connectivity index (χ1v) is 7.50. The van der Waals surface area contributed by atoms with Crippen molar-refractivity contribution in [1.29, 1.82) is 0 Å². The predicted octanol–water partition coefficient (Wildman–Crippen LogP) is 2.65. The smallest absolute Gasteiger partial charge is 0.236 e. The van der Waals surface area contributed by atoms with Gasteiger partial charge in [-0.1, -0.05) is 45.0 Å². The molecule has 1 aromatic rings. The fourth-order valence-corrected chi connectivity index (χ4v) is 2.85. The van der Waals surface area contributed by atoms with Crippen LogP contribution in [0.4, 0.5) is 0 Å². The summed E-state index contributed by atoms with van der Waals surface area (Å²) < 4.78 is 0. The van der Waals surface area contributed by atoms with Crippen LogP contribution in [0.15, 0.2) is 24.3 Å². The third kappa shape index (κ3) is 3.40. The summed E-state index contributed by atoms with van der Waals surface area (Å²) in [4.78, 5) is 13.5. The van der Waals surface area contributed by atoms with Crippen LogP contribution in [0.5, 0.6) is 0 Å². The van der Waals surface area contributed by atoms with Crippen molar-refractivity contribution < 1.29 is 4.79 Å². The van der Waals surface area contributed by atoms with E-state index in [1.54, 1.807) is 0 Å². The summed E-state index contributed by atoms with van der Waals surface area (Å²) in [5, 5.41) is 0. The Balaban J connectivity index is 1.99. The quantitative estimate of drug-likeness (QED) is 0.901. The molecule has 0 radical (unpaired) electrons. The lowest BCUT2D eigenvalue weighted by Crippen LogP contribution is -2.41.